The molecule has 22 heteroatoms. The molecule has 0 radical (unpaired) electrons. The Kier molecular flexibility index (Phi) is 38.1. The second-order valence-electron chi connectivity index (χ2n) is 16.3. The first-order chi connectivity index (χ1) is 35.6. The van der Waals surface area contributed by atoms with E-state index in [0.717, 1.165) is 22.9 Å². The molecule has 3 aromatic rings. The number of carbonyl (C=O) groups excluding carboxylic acids is 8. The summed E-state index contributed by atoms with van der Waals surface area (Å²) < 4.78 is 24.4. The van der Waals surface area contributed by atoms with Crippen molar-refractivity contribution < 1.29 is 86.9 Å². The van der Waals surface area contributed by atoms with Gasteiger partial charge in [0.2, 0.25) is 17.7 Å². The van der Waals surface area contributed by atoms with Crippen molar-refractivity contribution in [3.63, 3.8) is 0 Å². The first-order valence-electron chi connectivity index (χ1n) is 24.0. The number of carbonyl (C=O) groups is 10. The van der Waals surface area contributed by atoms with Gasteiger partial charge in [0.25, 0.3) is 0 Å². The molecule has 4 aliphatic heterocycles. The monoisotopic (exact) mass is 1130 g/mol. The fourth-order valence-electron chi connectivity index (χ4n) is 6.25. The van der Waals surface area contributed by atoms with Gasteiger partial charge in [0.05, 0.1) is 19.8 Å². The number of ether oxygens (including phenoxy) is 5. The van der Waals surface area contributed by atoms with Crippen molar-refractivity contribution in [2.24, 2.45) is 0 Å². The van der Waals surface area contributed by atoms with Crippen LogP contribution in [-0.2, 0) is 90.2 Å². The molecule has 4 aliphatic rings. The van der Waals surface area contributed by atoms with Crippen LogP contribution in [-0.4, -0.2) is 119 Å². The fourth-order valence-corrected chi connectivity index (χ4v) is 6.63. The summed E-state index contributed by atoms with van der Waals surface area (Å²) in [5, 5.41) is 33.4. The third kappa shape index (κ3) is 33.6. The lowest BCUT2D eigenvalue weighted by molar-refractivity contribution is -0.149. The van der Waals surface area contributed by atoms with E-state index in [1.54, 1.807) is 0 Å². The van der Waals surface area contributed by atoms with Gasteiger partial charge in [-0.05, 0) is 61.6 Å². The largest absolute Gasteiger partial charge is 0.481 e. The molecule has 6 N–H and O–H groups in total. The Labute approximate surface area is 452 Å². The van der Waals surface area contributed by atoms with Crippen LogP contribution in [0.4, 0.5) is 0 Å². The van der Waals surface area contributed by atoms with Crippen LogP contribution in [0.2, 0.25) is 0 Å². The molecule has 0 aromatic heterocycles. The summed E-state index contributed by atoms with van der Waals surface area (Å²) in [6.45, 7) is 1.45. The standard InChI is InChI=1S/C16H19NO5.C11H14O3.C9H13NO5.C7H7Br.C5H7NO3.C4H6O2.2CH4/c18-14-9-8-13(17-14)16(20)21-10-4-7-15(19)22-11-12-5-2-1-3-6-12;12-8-4-7-11(13)14-9-10-5-2-1-3-6-10;11-7-4-3-6(10-7)9(14)15-5-1-2-8(12)13;8-6-7-4-2-1-3-5-7;7-4-2-1-3(6-4)5(8)9;5-4-2-1-3-6-4;;/h1-3,5-6,13H,4,7-11H2,(H,17,18);1-3,5-6,12H,4,7-9H2;6H,1-5H2,(H,10,11)(H,12,13);1-5H,6H2;3H,1-2H2,(H,6,7)(H,8,9);1-3H2;2*1H4/t13-;;6-;;3-;;;/m0.0.0.../s1. The molecule has 0 aliphatic carbocycles. The van der Waals surface area contributed by atoms with E-state index in [9.17, 15) is 47.9 Å². The first kappa shape index (κ1) is 68.8. The molecule has 0 spiro atoms. The highest BCUT2D eigenvalue weighted by Crippen LogP contribution is 2.11. The summed E-state index contributed by atoms with van der Waals surface area (Å²) >= 11 is 3.36. The van der Waals surface area contributed by atoms with Crippen LogP contribution in [0.5, 0.6) is 0 Å². The van der Waals surface area contributed by atoms with Gasteiger partial charge in [-0.2, -0.15) is 0 Å². The lowest BCUT2D eigenvalue weighted by Crippen LogP contribution is -2.34. The molecule has 420 valence electrons. The Hall–Kier alpha value is -7.20. The summed E-state index contributed by atoms with van der Waals surface area (Å²) in [6.07, 6.45) is 5.54. The van der Waals surface area contributed by atoms with Crippen LogP contribution in [0.3, 0.4) is 0 Å². The van der Waals surface area contributed by atoms with Crippen molar-refractivity contribution in [3.8, 4) is 0 Å². The van der Waals surface area contributed by atoms with E-state index in [1.165, 1.54) is 5.56 Å². The maximum absolute atomic E-state index is 11.6. The summed E-state index contributed by atoms with van der Waals surface area (Å²) in [7, 11) is 0. The van der Waals surface area contributed by atoms with E-state index in [4.69, 9.17) is 34.3 Å². The van der Waals surface area contributed by atoms with Gasteiger partial charge in [-0.25, -0.2) is 14.4 Å². The van der Waals surface area contributed by atoms with Gasteiger partial charge in [-0.15, -0.1) is 0 Å². The third-order valence-electron chi connectivity index (χ3n) is 10.2. The average molecular weight is 1130 g/mol. The van der Waals surface area contributed by atoms with Gasteiger partial charge in [0.15, 0.2) is 0 Å². The molecule has 4 heterocycles. The van der Waals surface area contributed by atoms with Crippen molar-refractivity contribution in [2.75, 3.05) is 26.4 Å². The molecule has 21 nitrogen and oxygen atoms in total. The molecule has 3 atom stereocenters. The van der Waals surface area contributed by atoms with Gasteiger partial charge in [-0.1, -0.05) is 122 Å². The number of nitrogens with one attached hydrogen (secondary N) is 3. The molecule has 3 aromatic carbocycles. The molecule has 7 rings (SSSR count). The van der Waals surface area contributed by atoms with Crippen LogP contribution in [0.15, 0.2) is 91.0 Å². The lowest BCUT2D eigenvalue weighted by Gasteiger charge is -2.10. The van der Waals surface area contributed by atoms with Crippen molar-refractivity contribution in [1.82, 2.24) is 16.0 Å². The van der Waals surface area contributed by atoms with E-state index in [0.29, 0.717) is 77.4 Å². The number of hydrogen-bond acceptors (Lipinski definition) is 16. The zero-order valence-electron chi connectivity index (χ0n) is 41.1. The maximum atomic E-state index is 11.6. The summed E-state index contributed by atoms with van der Waals surface area (Å²) in [5.41, 5.74) is 3.23. The molecule has 0 saturated carbocycles. The molecule has 3 amide bonds. The molecule has 0 unspecified atom stereocenters. The van der Waals surface area contributed by atoms with Crippen LogP contribution < -0.4 is 16.0 Å². The summed E-state index contributed by atoms with van der Waals surface area (Å²) in [6, 6.07) is 27.5. The van der Waals surface area contributed by atoms with E-state index < -0.39 is 42.0 Å². The van der Waals surface area contributed by atoms with Gasteiger partial charge >= 0.3 is 41.8 Å². The molecule has 0 bridgehead atoms. The minimum absolute atomic E-state index is 0. The number of aliphatic carboxylic acids is 2. The summed E-state index contributed by atoms with van der Waals surface area (Å²) in [4.78, 5) is 108. The summed E-state index contributed by atoms with van der Waals surface area (Å²) in [5.74, 6) is -3.86. The molecular formula is C54H74BrN3O18. The third-order valence-corrected chi connectivity index (χ3v) is 10.9. The van der Waals surface area contributed by atoms with Crippen LogP contribution in [0.1, 0.15) is 121 Å². The molecular weight excluding hydrogens is 1060 g/mol. The Morgan fingerprint density at radius 2 is 0.934 bits per heavy atom. The maximum Gasteiger partial charge on any atom is 0.328 e. The first-order valence-corrected chi connectivity index (χ1v) is 25.1. The normalized spacial score (nSPS) is 16.3. The van der Waals surface area contributed by atoms with Crippen molar-refractivity contribution in [2.45, 2.75) is 141 Å². The predicted molar refractivity (Wildman–Crippen MR) is 281 cm³/mol. The number of aliphatic hydroxyl groups excluding tert-OH is 1. The Morgan fingerprint density at radius 1 is 0.539 bits per heavy atom. The second-order valence-corrected chi connectivity index (χ2v) is 16.9. The lowest BCUT2D eigenvalue weighted by atomic mass is 10.2. The number of aliphatic hydroxyl groups is 1. The fraction of sp³-hybridized carbons (Fsp3) is 0.481. The van der Waals surface area contributed by atoms with Gasteiger partial charge < -0.3 is 55.0 Å². The number of carboxylic acids is 2. The second kappa shape index (κ2) is 42.1. The zero-order chi connectivity index (χ0) is 54.4. The van der Waals surface area contributed by atoms with E-state index in [-0.39, 0.29) is 96.2 Å². The van der Waals surface area contributed by atoms with Crippen LogP contribution in [0.25, 0.3) is 0 Å². The Morgan fingerprint density at radius 3 is 1.22 bits per heavy atom. The molecule has 4 saturated heterocycles. The number of amides is 3. The topological polar surface area (TPSA) is 314 Å². The number of halogens is 1. The SMILES string of the molecule is BrCc1ccccc1.C.C.O=C(CCCO)OCc1ccccc1.O=C(O)CCCOC(=O)[C@@H]1CCC(=O)N1.O=C1CCCO1.O=C1CC[C@@H](C(=O)O)N1.O=C1CC[C@@H](C(=O)OCCCC(=O)OCc2ccccc2)N1. The number of rotatable bonds is 19. The van der Waals surface area contributed by atoms with Gasteiger partial charge in [-0.3, -0.25) is 33.6 Å². The van der Waals surface area contributed by atoms with E-state index >= 15 is 0 Å². The molecule has 4 fully saturated rings. The van der Waals surface area contributed by atoms with Crippen LogP contribution >= 0.6 is 15.9 Å². The highest BCUT2D eigenvalue weighted by molar-refractivity contribution is 9.08. The van der Waals surface area contributed by atoms with Crippen molar-refractivity contribution in [3.05, 3.63) is 108 Å². The quantitative estimate of drug-likeness (QED) is 0.0345. The van der Waals surface area contributed by atoms with Gasteiger partial charge in [0, 0.05) is 56.9 Å². The number of carboxylic acid groups (broad SMARTS) is 2. The van der Waals surface area contributed by atoms with Crippen molar-refractivity contribution >= 4 is 75.4 Å². The average Bonchev–Trinajstić information content (AvgIpc) is 4.26. The minimum atomic E-state index is -0.944. The number of alkyl halides is 1. The van der Waals surface area contributed by atoms with Crippen LogP contribution in [0, 0.1) is 0 Å². The van der Waals surface area contributed by atoms with Crippen molar-refractivity contribution in [1.29, 1.82) is 0 Å². The van der Waals surface area contributed by atoms with E-state index in [2.05, 4.69) is 48.7 Å². The Bertz CT molecular complexity index is 2190. The number of hydrogen-bond donors (Lipinski definition) is 6. The predicted octanol–water partition coefficient (Wildman–Crippen LogP) is 6.03. The highest BCUT2D eigenvalue weighted by Gasteiger charge is 2.29. The minimum Gasteiger partial charge on any atom is -0.481 e. The molecule has 76 heavy (non-hydrogen) atoms. The number of esters is 5. The zero-order valence-corrected chi connectivity index (χ0v) is 42.7. The smallest absolute Gasteiger partial charge is 0.328 e. The number of cyclic esters (lactones) is 1. The highest BCUT2D eigenvalue weighted by atomic mass is 79.9. The van der Waals surface area contributed by atoms with Gasteiger partial charge in [0.1, 0.15) is 31.3 Å². The van der Waals surface area contributed by atoms with E-state index in [1.807, 2.05) is 78.9 Å². The number of benzene rings is 3. The Balaban J connectivity index is 0.000000926.